The van der Waals surface area contributed by atoms with E-state index in [1.807, 2.05) is 17.9 Å². The molecule has 0 fully saturated rings. The number of nitrogens with one attached hydrogen (secondary N) is 1. The summed E-state index contributed by atoms with van der Waals surface area (Å²) in [6.45, 7) is 4.04. The Labute approximate surface area is 75.1 Å². The van der Waals surface area contributed by atoms with Gasteiger partial charge in [-0.2, -0.15) is 0 Å². The Kier molecular flexibility index (Phi) is 5.48. The molecule has 3 heteroatoms. The van der Waals surface area contributed by atoms with E-state index >= 15 is 0 Å². The van der Waals surface area contributed by atoms with Gasteiger partial charge in [-0.1, -0.05) is 36.4 Å². The third-order valence-corrected chi connectivity index (χ3v) is 1.34. The molecule has 10 heavy (non-hydrogen) atoms. The summed E-state index contributed by atoms with van der Waals surface area (Å²) >= 11 is 2.10. The van der Waals surface area contributed by atoms with Crippen LogP contribution in [0.25, 0.3) is 0 Å². The Hall–Kier alpha value is -0.190. The third-order valence-electron chi connectivity index (χ3n) is 1.02. The molecule has 0 unspecified atom stereocenters. The summed E-state index contributed by atoms with van der Waals surface area (Å²) in [5, 5.41) is 6.98. The standard InChI is InChI=1S/C7H11IN2/c1-6(2)7(5-9)10-4-3-8/h3-6,9H,1-2H3/b4-3-,9-5?,10-7?. The van der Waals surface area contributed by atoms with Crippen molar-refractivity contribution in [1.82, 2.24) is 0 Å². The van der Waals surface area contributed by atoms with Gasteiger partial charge in [-0.3, -0.25) is 4.99 Å². The van der Waals surface area contributed by atoms with Crippen molar-refractivity contribution in [1.29, 1.82) is 5.41 Å². The summed E-state index contributed by atoms with van der Waals surface area (Å²) in [6.07, 6.45) is 2.99. The minimum atomic E-state index is 0.338. The lowest BCUT2D eigenvalue weighted by Gasteiger charge is -1.99. The number of aliphatic imine (C=N–C) groups is 1. The highest BCUT2D eigenvalue weighted by Gasteiger charge is 1.97. The normalized spacial score (nSPS) is 13.0. The van der Waals surface area contributed by atoms with Crippen LogP contribution in [-0.2, 0) is 0 Å². The van der Waals surface area contributed by atoms with Crippen LogP contribution in [0, 0.1) is 11.3 Å². The Balaban J connectivity index is 4.18. The first-order chi connectivity index (χ1) is 4.72. The number of rotatable bonds is 3. The molecule has 0 radical (unpaired) electrons. The van der Waals surface area contributed by atoms with E-state index in [1.54, 1.807) is 6.20 Å². The van der Waals surface area contributed by atoms with Crippen molar-refractivity contribution in [2.75, 3.05) is 0 Å². The van der Waals surface area contributed by atoms with Gasteiger partial charge in [-0.05, 0) is 10.0 Å². The number of halogens is 1. The third kappa shape index (κ3) is 3.76. The van der Waals surface area contributed by atoms with Crippen molar-refractivity contribution < 1.29 is 0 Å². The molecule has 0 aromatic heterocycles. The summed E-state index contributed by atoms with van der Waals surface area (Å²) in [5.74, 6) is 0.338. The molecule has 0 saturated heterocycles. The van der Waals surface area contributed by atoms with Gasteiger partial charge in [0.1, 0.15) is 0 Å². The summed E-state index contributed by atoms with van der Waals surface area (Å²) in [7, 11) is 0. The molecule has 0 bridgehead atoms. The Morgan fingerprint density at radius 2 is 2.20 bits per heavy atom. The fourth-order valence-electron chi connectivity index (χ4n) is 0.467. The molecule has 56 valence electrons. The molecule has 0 aliphatic carbocycles. The van der Waals surface area contributed by atoms with E-state index in [9.17, 15) is 0 Å². The lowest BCUT2D eigenvalue weighted by Crippen LogP contribution is -2.07. The zero-order valence-electron chi connectivity index (χ0n) is 6.13. The highest BCUT2D eigenvalue weighted by molar-refractivity contribution is 14.1. The fraction of sp³-hybridized carbons (Fsp3) is 0.429. The van der Waals surface area contributed by atoms with Gasteiger partial charge in [0, 0.05) is 12.4 Å². The average Bonchev–Trinajstić information content (AvgIpc) is 1.89. The summed E-state index contributed by atoms with van der Waals surface area (Å²) < 4.78 is 1.82. The van der Waals surface area contributed by atoms with Gasteiger partial charge < -0.3 is 5.41 Å². The van der Waals surface area contributed by atoms with Crippen molar-refractivity contribution in [3.63, 3.8) is 0 Å². The first-order valence-electron chi connectivity index (χ1n) is 3.05. The van der Waals surface area contributed by atoms with Crippen molar-refractivity contribution in [3.8, 4) is 0 Å². The van der Waals surface area contributed by atoms with Gasteiger partial charge in [0.2, 0.25) is 0 Å². The maximum Gasteiger partial charge on any atom is 0.0604 e. The van der Waals surface area contributed by atoms with Crippen molar-refractivity contribution in [3.05, 3.63) is 10.3 Å². The summed E-state index contributed by atoms with van der Waals surface area (Å²) in [4.78, 5) is 4.05. The molecule has 0 aromatic rings. The fourth-order valence-corrected chi connectivity index (χ4v) is 0.628. The second-order valence-electron chi connectivity index (χ2n) is 2.13. The van der Waals surface area contributed by atoms with Gasteiger partial charge in [0.15, 0.2) is 0 Å². The highest BCUT2D eigenvalue weighted by Crippen LogP contribution is 1.96. The predicted molar refractivity (Wildman–Crippen MR) is 54.2 cm³/mol. The quantitative estimate of drug-likeness (QED) is 0.590. The van der Waals surface area contributed by atoms with Gasteiger partial charge in [-0.25, -0.2) is 0 Å². The number of nitrogens with zero attached hydrogens (tertiary/aromatic N) is 1. The molecule has 1 N–H and O–H groups in total. The van der Waals surface area contributed by atoms with Crippen LogP contribution in [0.4, 0.5) is 0 Å². The van der Waals surface area contributed by atoms with Crippen LogP contribution >= 0.6 is 22.6 Å². The van der Waals surface area contributed by atoms with E-state index in [0.717, 1.165) is 5.71 Å². The molecule has 0 rings (SSSR count). The molecule has 0 aliphatic heterocycles. The van der Waals surface area contributed by atoms with Crippen LogP contribution in [0.1, 0.15) is 13.8 Å². The topological polar surface area (TPSA) is 36.2 Å². The average molecular weight is 250 g/mol. The van der Waals surface area contributed by atoms with Crippen LogP contribution in [0.2, 0.25) is 0 Å². The van der Waals surface area contributed by atoms with Crippen molar-refractivity contribution in [2.24, 2.45) is 10.9 Å². The van der Waals surface area contributed by atoms with Gasteiger partial charge >= 0.3 is 0 Å². The molecule has 0 aliphatic rings. The first-order valence-corrected chi connectivity index (χ1v) is 4.30. The number of hydrogen-bond donors (Lipinski definition) is 1. The monoisotopic (exact) mass is 250 g/mol. The maximum absolute atomic E-state index is 6.98. The van der Waals surface area contributed by atoms with Crippen molar-refractivity contribution in [2.45, 2.75) is 13.8 Å². The van der Waals surface area contributed by atoms with Crippen LogP contribution in [0.5, 0.6) is 0 Å². The molecule has 0 saturated carbocycles. The van der Waals surface area contributed by atoms with Gasteiger partial charge in [-0.15, -0.1) is 0 Å². The van der Waals surface area contributed by atoms with E-state index in [-0.39, 0.29) is 0 Å². The SMILES string of the molecule is CC(C)C(C=N)=N/C=C\I. The van der Waals surface area contributed by atoms with Crippen LogP contribution < -0.4 is 0 Å². The van der Waals surface area contributed by atoms with E-state index in [0.29, 0.717) is 5.92 Å². The van der Waals surface area contributed by atoms with Gasteiger partial charge in [0.25, 0.3) is 0 Å². The van der Waals surface area contributed by atoms with Crippen LogP contribution in [0.3, 0.4) is 0 Å². The molecule has 0 heterocycles. The first kappa shape index (κ1) is 9.81. The van der Waals surface area contributed by atoms with E-state index in [4.69, 9.17) is 5.41 Å². The van der Waals surface area contributed by atoms with E-state index in [2.05, 4.69) is 27.6 Å². The molecule has 0 amide bonds. The minimum Gasteiger partial charge on any atom is -0.307 e. The van der Waals surface area contributed by atoms with Crippen LogP contribution in [0.15, 0.2) is 15.3 Å². The lowest BCUT2D eigenvalue weighted by molar-refractivity contribution is 0.895. The largest absolute Gasteiger partial charge is 0.307 e. The Bertz CT molecular complexity index is 159. The molecule has 0 atom stereocenters. The highest BCUT2D eigenvalue weighted by atomic mass is 127. The zero-order chi connectivity index (χ0) is 7.98. The molecular weight excluding hydrogens is 239 g/mol. The Morgan fingerprint density at radius 1 is 1.60 bits per heavy atom. The molecule has 0 spiro atoms. The smallest absolute Gasteiger partial charge is 0.0604 e. The summed E-state index contributed by atoms with van der Waals surface area (Å²) in [5.41, 5.74) is 0.813. The molecule has 0 aromatic carbocycles. The second-order valence-corrected chi connectivity index (χ2v) is 2.85. The predicted octanol–water partition coefficient (Wildman–Crippen LogP) is 2.64. The molecular formula is C7H11IN2. The van der Waals surface area contributed by atoms with Gasteiger partial charge in [0.05, 0.1) is 5.71 Å². The summed E-state index contributed by atoms with van der Waals surface area (Å²) in [6, 6.07) is 0. The number of hydrogen-bond acceptors (Lipinski definition) is 2. The second kappa shape index (κ2) is 5.58. The Morgan fingerprint density at radius 3 is 2.50 bits per heavy atom. The maximum atomic E-state index is 6.98. The molecule has 2 nitrogen and oxygen atoms in total. The van der Waals surface area contributed by atoms with E-state index < -0.39 is 0 Å². The van der Waals surface area contributed by atoms with E-state index in [1.165, 1.54) is 6.21 Å². The van der Waals surface area contributed by atoms with Crippen LogP contribution in [-0.4, -0.2) is 11.9 Å². The lowest BCUT2D eigenvalue weighted by atomic mass is 10.1. The van der Waals surface area contributed by atoms with Crippen molar-refractivity contribution >= 4 is 34.5 Å². The minimum absolute atomic E-state index is 0.338. The zero-order valence-corrected chi connectivity index (χ0v) is 8.29.